The van der Waals surface area contributed by atoms with E-state index in [-0.39, 0.29) is 83.5 Å². The number of aromatic nitrogens is 4. The minimum Gasteiger partial charge on any atom is -0.346 e. The van der Waals surface area contributed by atoms with E-state index >= 15 is 0 Å². The number of hydrogen-bond donors (Lipinski definition) is 4. The Balaban J connectivity index is 0.583. The number of benzene rings is 4. The molecule has 0 aliphatic carbocycles. The smallest absolute Gasteiger partial charge is 0.257 e. The highest BCUT2D eigenvalue weighted by molar-refractivity contribution is 6.21. The molecule has 8 aromatic rings. The summed E-state index contributed by atoms with van der Waals surface area (Å²) in [5, 5.41) is 11.5. The topological polar surface area (TPSA) is 296 Å². The molecule has 8 heterocycles. The molecule has 0 saturated heterocycles. The summed E-state index contributed by atoms with van der Waals surface area (Å²) in [7, 11) is 3.64. The van der Waals surface area contributed by atoms with Crippen LogP contribution in [-0.2, 0) is 28.8 Å². The normalized spacial score (nSPS) is 13.3. The third-order valence-electron chi connectivity index (χ3n) is 18.8. The highest BCUT2D eigenvalue weighted by atomic mass is 16.2. The molecule has 0 saturated carbocycles. The maximum Gasteiger partial charge on any atom is 0.257 e. The molecule has 534 valence electrons. The van der Waals surface area contributed by atoms with Crippen LogP contribution in [-0.4, -0.2) is 165 Å². The first-order chi connectivity index (χ1) is 50.6. The number of hydrogen-bond acceptors (Lipinski definition) is 16. The number of anilines is 12. The highest BCUT2D eigenvalue weighted by Crippen LogP contribution is 2.41. The van der Waals surface area contributed by atoms with E-state index in [2.05, 4.69) is 41.2 Å². The molecule has 0 fully saturated rings. The molecule has 4 aromatic carbocycles. The van der Waals surface area contributed by atoms with Gasteiger partial charge in [-0.3, -0.25) is 77.3 Å². The van der Waals surface area contributed by atoms with Gasteiger partial charge < -0.3 is 31.1 Å². The second-order valence-corrected chi connectivity index (χ2v) is 26.1. The van der Waals surface area contributed by atoms with E-state index in [1.54, 1.807) is 190 Å². The van der Waals surface area contributed by atoms with Crippen molar-refractivity contribution in [2.24, 2.45) is 0 Å². The number of nitrogens with zero attached hydrogens (tertiary/aromatic N) is 12. The molecule has 10 amide bonds. The van der Waals surface area contributed by atoms with Gasteiger partial charge >= 0.3 is 0 Å². The van der Waals surface area contributed by atoms with Crippen LogP contribution in [0.5, 0.6) is 0 Å². The number of para-hydroxylation sites is 4. The van der Waals surface area contributed by atoms with Crippen molar-refractivity contribution >= 4 is 128 Å². The lowest BCUT2D eigenvalue weighted by Gasteiger charge is -2.29. The van der Waals surface area contributed by atoms with Gasteiger partial charge in [-0.25, -0.2) is 19.9 Å². The van der Waals surface area contributed by atoms with Crippen molar-refractivity contribution in [1.82, 2.24) is 39.5 Å². The Bertz CT molecular complexity index is 4040. The van der Waals surface area contributed by atoms with Crippen molar-refractivity contribution in [3.05, 3.63) is 193 Å². The summed E-state index contributed by atoms with van der Waals surface area (Å²) in [4.78, 5) is 170. The van der Waals surface area contributed by atoms with Crippen LogP contribution >= 0.6 is 0 Å². The molecule has 104 heavy (non-hydrogen) atoms. The van der Waals surface area contributed by atoms with Crippen LogP contribution in [0.2, 0.25) is 0 Å². The van der Waals surface area contributed by atoms with Gasteiger partial charge in [0.05, 0.1) is 93.9 Å². The second kappa shape index (κ2) is 33.7. The van der Waals surface area contributed by atoms with Crippen molar-refractivity contribution in [3.8, 4) is 0 Å². The fraction of sp³-hybridized carbons (Fsp3) is 0.308. The fourth-order valence-electron chi connectivity index (χ4n) is 13.4. The lowest BCUT2D eigenvalue weighted by atomic mass is 10.1. The van der Waals surface area contributed by atoms with Crippen molar-refractivity contribution in [1.29, 1.82) is 0 Å². The summed E-state index contributed by atoms with van der Waals surface area (Å²) in [6.07, 6.45) is 15.9. The van der Waals surface area contributed by atoms with Crippen LogP contribution in [0.15, 0.2) is 170 Å². The molecule has 12 rings (SSSR count). The van der Waals surface area contributed by atoms with Gasteiger partial charge in [-0.1, -0.05) is 87.1 Å². The summed E-state index contributed by atoms with van der Waals surface area (Å²) in [6.45, 7) is 0.838. The molecule has 0 bridgehead atoms. The molecule has 0 radical (unpaired) electrons. The van der Waals surface area contributed by atoms with E-state index in [0.29, 0.717) is 123 Å². The van der Waals surface area contributed by atoms with Gasteiger partial charge in [0.2, 0.25) is 35.4 Å². The van der Waals surface area contributed by atoms with Crippen LogP contribution < -0.4 is 40.9 Å². The first kappa shape index (κ1) is 71.9. The Hall–Kier alpha value is -11.9. The van der Waals surface area contributed by atoms with Crippen LogP contribution in [0.25, 0.3) is 0 Å². The van der Waals surface area contributed by atoms with Gasteiger partial charge in [-0.15, -0.1) is 0 Å². The highest BCUT2D eigenvalue weighted by Gasteiger charge is 2.37. The van der Waals surface area contributed by atoms with E-state index < -0.39 is 47.3 Å². The number of unbranched alkanes of at least 4 members (excludes halogenated alkanes) is 9. The summed E-state index contributed by atoms with van der Waals surface area (Å²) >= 11 is 0. The first-order valence-electron chi connectivity index (χ1n) is 35.3. The van der Waals surface area contributed by atoms with Gasteiger partial charge in [0.25, 0.3) is 23.6 Å². The first-order valence-corrected chi connectivity index (χ1v) is 35.3. The summed E-state index contributed by atoms with van der Waals surface area (Å²) in [5.41, 5.74) is 3.89. The SMILES string of the molecule is CN(CCCCCCCCN(C)C(=O)CCCCCN(CC(=O)N1c2ccccc2C(=O)Nc2cccnc21)CC(=O)N1c2ccccc2C(=O)Nc2cccnc21)C(=O)CCCCCN(CC(=O)N1c2ccccc2C(=O)Nc2cccnc21)CC(=O)N1c2ccccc2C(=O)Nc2cccnc21. The monoisotopic (exact) mass is 1400 g/mol. The predicted octanol–water partition coefficient (Wildman–Crippen LogP) is 11.3. The van der Waals surface area contributed by atoms with Gasteiger partial charge in [-0.05, 0) is 149 Å². The third kappa shape index (κ3) is 16.7. The number of carbonyl (C=O) groups excluding carboxylic acids is 10. The molecular weight excluding hydrogens is 1320 g/mol. The van der Waals surface area contributed by atoms with E-state index in [1.165, 1.54) is 19.6 Å². The lowest BCUT2D eigenvalue weighted by Crippen LogP contribution is -2.44. The maximum atomic E-state index is 14.8. The van der Waals surface area contributed by atoms with Gasteiger partial charge in [0.1, 0.15) is 0 Å². The van der Waals surface area contributed by atoms with E-state index in [4.69, 9.17) is 0 Å². The van der Waals surface area contributed by atoms with Crippen molar-refractivity contribution in [2.75, 3.05) is 107 Å². The molecular formula is C78H82N16O10. The lowest BCUT2D eigenvalue weighted by molar-refractivity contribution is -0.130. The predicted molar refractivity (Wildman–Crippen MR) is 396 cm³/mol. The second-order valence-electron chi connectivity index (χ2n) is 26.1. The quantitative estimate of drug-likeness (QED) is 0.0317. The zero-order valence-corrected chi connectivity index (χ0v) is 58.2. The van der Waals surface area contributed by atoms with Crippen molar-refractivity contribution in [2.45, 2.75) is 89.9 Å². The molecule has 26 nitrogen and oxygen atoms in total. The maximum absolute atomic E-state index is 14.8. The minimum atomic E-state index is -0.432. The zero-order chi connectivity index (χ0) is 72.6. The fourth-order valence-corrected chi connectivity index (χ4v) is 13.4. The van der Waals surface area contributed by atoms with Gasteiger partial charge in [0.15, 0.2) is 23.3 Å². The Morgan fingerprint density at radius 3 is 0.827 bits per heavy atom. The van der Waals surface area contributed by atoms with Crippen LogP contribution in [0.4, 0.5) is 68.8 Å². The van der Waals surface area contributed by atoms with Crippen LogP contribution in [0.3, 0.4) is 0 Å². The van der Waals surface area contributed by atoms with E-state index in [1.807, 2.05) is 14.1 Å². The minimum absolute atomic E-state index is 0.0282. The average Bonchev–Trinajstić information content (AvgIpc) is 1.61. The molecule has 4 aliphatic heterocycles. The summed E-state index contributed by atoms with van der Waals surface area (Å²) in [5.74, 6) is -2.31. The molecule has 0 unspecified atom stereocenters. The van der Waals surface area contributed by atoms with Gasteiger partial charge in [-0.2, -0.15) is 0 Å². The Kier molecular flexibility index (Phi) is 23.3. The zero-order valence-electron chi connectivity index (χ0n) is 58.2. The average molecular weight is 1400 g/mol. The number of rotatable bonds is 29. The van der Waals surface area contributed by atoms with Crippen LogP contribution in [0, 0.1) is 0 Å². The Morgan fingerprint density at radius 1 is 0.308 bits per heavy atom. The van der Waals surface area contributed by atoms with Crippen LogP contribution in [0.1, 0.15) is 131 Å². The van der Waals surface area contributed by atoms with E-state index in [0.717, 1.165) is 38.5 Å². The standard InChI is InChI=1S/C78H82N16O10/c1-87(65(95)39-9-7-21-47-89(49-67(97)91-61-35-15-11-27-53(61)75(101)83-57-31-23-41-79-71(57)91)50-68(98)92-62-36-16-12-28-54(62)76(102)84-58-32-24-42-80-72(58)92)45-19-5-3-4-6-20-46-88(2)66(96)40-10-8-22-48-90(51-69(99)93-63-37-17-13-29-55(63)77(103)85-59-33-25-43-81-73(59)93)52-70(100)94-64-38-18-14-30-56(64)78(104)86-60-34-26-44-82-74(60)94/h11-18,23-38,41-44H,3-10,19-22,39-40,45-52H2,1-2H3,(H,83,101)(H,84,102)(H,85,103)(H,86,104). The number of amides is 10. The van der Waals surface area contributed by atoms with Gasteiger partial charge in [0, 0.05) is 64.8 Å². The number of carbonyl (C=O) groups is 10. The van der Waals surface area contributed by atoms with Crippen molar-refractivity contribution < 1.29 is 47.9 Å². The molecule has 26 heteroatoms. The number of fused-ring (bicyclic) bond motifs is 8. The van der Waals surface area contributed by atoms with Crippen molar-refractivity contribution in [3.63, 3.8) is 0 Å². The Labute approximate surface area is 602 Å². The Morgan fingerprint density at radius 2 is 0.548 bits per heavy atom. The molecule has 0 atom stereocenters. The summed E-state index contributed by atoms with van der Waals surface area (Å²) in [6, 6.07) is 40.5. The molecule has 4 aliphatic rings. The third-order valence-corrected chi connectivity index (χ3v) is 18.8. The number of nitrogens with one attached hydrogen (secondary N) is 4. The largest absolute Gasteiger partial charge is 0.346 e. The number of pyridine rings is 4. The molecule has 0 spiro atoms. The van der Waals surface area contributed by atoms with E-state index in [9.17, 15) is 47.9 Å². The summed E-state index contributed by atoms with van der Waals surface area (Å²) < 4.78 is 0. The molecule has 4 N–H and O–H groups in total. The molecule has 4 aromatic heterocycles.